The van der Waals surface area contributed by atoms with Crippen molar-refractivity contribution < 1.29 is 0 Å². The highest BCUT2D eigenvalue weighted by Gasteiger charge is 2.29. The summed E-state index contributed by atoms with van der Waals surface area (Å²) in [7, 11) is 0. The Morgan fingerprint density at radius 1 is 0.778 bits per heavy atom. The molecule has 0 heteroatoms. The van der Waals surface area contributed by atoms with Gasteiger partial charge in [-0.25, -0.2) is 0 Å². The minimum atomic E-state index is 0.656. The molecule has 0 aromatic heterocycles. The van der Waals surface area contributed by atoms with Crippen molar-refractivity contribution in [2.24, 2.45) is 17.8 Å². The molecule has 0 spiro atoms. The summed E-state index contributed by atoms with van der Waals surface area (Å²) in [6.07, 6.45) is 9.70. The Morgan fingerprint density at radius 3 is 1.89 bits per heavy atom. The minimum Gasteiger partial charge on any atom is -0.0648 e. The molecule has 1 fully saturated rings. The van der Waals surface area contributed by atoms with E-state index < -0.39 is 0 Å². The van der Waals surface area contributed by atoms with Gasteiger partial charge in [-0.05, 0) is 72.8 Å². The zero-order valence-corrected chi connectivity index (χ0v) is 17.6. The van der Waals surface area contributed by atoms with Crippen LogP contribution >= 0.6 is 0 Å². The van der Waals surface area contributed by atoms with Crippen LogP contribution in [0.1, 0.15) is 88.7 Å². The van der Waals surface area contributed by atoms with E-state index in [-0.39, 0.29) is 0 Å². The van der Waals surface area contributed by atoms with Crippen LogP contribution in [0, 0.1) is 17.8 Å². The topological polar surface area (TPSA) is 0 Å². The molecule has 0 aliphatic heterocycles. The third kappa shape index (κ3) is 5.71. The van der Waals surface area contributed by atoms with Gasteiger partial charge < -0.3 is 0 Å². The van der Waals surface area contributed by atoms with E-state index in [0.717, 1.165) is 17.8 Å². The van der Waals surface area contributed by atoms with Crippen molar-refractivity contribution in [3.63, 3.8) is 0 Å². The molecule has 1 saturated carbocycles. The lowest BCUT2D eigenvalue weighted by atomic mass is 9.69. The van der Waals surface area contributed by atoms with E-state index in [4.69, 9.17) is 0 Å². The molecule has 2 aromatic rings. The van der Waals surface area contributed by atoms with Crippen molar-refractivity contribution in [3.05, 3.63) is 71.8 Å². The maximum absolute atomic E-state index is 2.44. The summed E-state index contributed by atoms with van der Waals surface area (Å²) < 4.78 is 0. The number of rotatable bonds is 8. The van der Waals surface area contributed by atoms with E-state index in [9.17, 15) is 0 Å². The van der Waals surface area contributed by atoms with Crippen LogP contribution < -0.4 is 0 Å². The third-order valence-electron chi connectivity index (χ3n) is 7.10. The first-order valence-corrected chi connectivity index (χ1v) is 11.3. The molecule has 0 radical (unpaired) electrons. The van der Waals surface area contributed by atoms with Crippen molar-refractivity contribution in [1.29, 1.82) is 0 Å². The van der Waals surface area contributed by atoms with Crippen LogP contribution in [0.3, 0.4) is 0 Å². The fourth-order valence-corrected chi connectivity index (χ4v) is 5.24. The van der Waals surface area contributed by atoms with Gasteiger partial charge in [0, 0.05) is 0 Å². The van der Waals surface area contributed by atoms with Gasteiger partial charge in [0.2, 0.25) is 0 Å². The first-order chi connectivity index (χ1) is 13.2. The number of hydrogen-bond acceptors (Lipinski definition) is 0. The van der Waals surface area contributed by atoms with Gasteiger partial charge in [0.05, 0.1) is 0 Å². The molecular formula is C27H38. The largest absolute Gasteiger partial charge is 0.0648 e. The molecule has 0 nitrogen and oxygen atoms in total. The molecule has 0 N–H and O–H groups in total. The number of hydrogen-bond donors (Lipinski definition) is 0. The summed E-state index contributed by atoms with van der Waals surface area (Å²) in [5, 5.41) is 0. The van der Waals surface area contributed by atoms with Crippen LogP contribution in [-0.2, 0) is 0 Å². The lowest BCUT2D eigenvalue weighted by Crippen LogP contribution is -2.24. The number of benzene rings is 2. The normalized spacial score (nSPS) is 23.5. The molecule has 27 heavy (non-hydrogen) atoms. The summed E-state index contributed by atoms with van der Waals surface area (Å²) in [5.74, 6) is 4.06. The van der Waals surface area contributed by atoms with Crippen LogP contribution in [0.15, 0.2) is 60.7 Å². The summed E-state index contributed by atoms with van der Waals surface area (Å²) in [6.45, 7) is 7.26. The zero-order valence-electron chi connectivity index (χ0n) is 17.6. The average Bonchev–Trinajstić information content (AvgIpc) is 2.73. The van der Waals surface area contributed by atoms with E-state index in [1.807, 2.05) is 0 Å². The van der Waals surface area contributed by atoms with Gasteiger partial charge in [0.25, 0.3) is 0 Å². The van der Waals surface area contributed by atoms with E-state index in [0.29, 0.717) is 11.8 Å². The Kier molecular flexibility index (Phi) is 7.56. The summed E-state index contributed by atoms with van der Waals surface area (Å²) in [5.41, 5.74) is 3.06. The monoisotopic (exact) mass is 362 g/mol. The molecule has 1 aliphatic rings. The first-order valence-electron chi connectivity index (χ1n) is 11.3. The molecule has 0 bridgehead atoms. The minimum absolute atomic E-state index is 0.656. The maximum Gasteiger partial charge on any atom is -0.0162 e. The van der Waals surface area contributed by atoms with Gasteiger partial charge in [-0.1, -0.05) is 94.3 Å². The van der Waals surface area contributed by atoms with Crippen LogP contribution in [-0.4, -0.2) is 0 Å². The van der Waals surface area contributed by atoms with Gasteiger partial charge in [0.15, 0.2) is 0 Å². The molecule has 3 atom stereocenters. The Morgan fingerprint density at radius 2 is 1.33 bits per heavy atom. The van der Waals surface area contributed by atoms with Gasteiger partial charge >= 0.3 is 0 Å². The fourth-order valence-electron chi connectivity index (χ4n) is 5.24. The Balaban J connectivity index is 1.74. The van der Waals surface area contributed by atoms with Crippen LogP contribution in [0.4, 0.5) is 0 Å². The maximum atomic E-state index is 2.44. The zero-order chi connectivity index (χ0) is 19.1. The lowest BCUT2D eigenvalue weighted by molar-refractivity contribution is 0.179. The predicted molar refractivity (Wildman–Crippen MR) is 118 cm³/mol. The highest BCUT2D eigenvalue weighted by atomic mass is 14.3. The van der Waals surface area contributed by atoms with Crippen molar-refractivity contribution in [2.75, 3.05) is 0 Å². The van der Waals surface area contributed by atoms with Crippen LogP contribution in [0.5, 0.6) is 0 Å². The van der Waals surface area contributed by atoms with E-state index in [1.54, 1.807) is 5.56 Å². The van der Waals surface area contributed by atoms with E-state index in [2.05, 4.69) is 81.4 Å². The quantitative estimate of drug-likeness (QED) is 0.444. The third-order valence-corrected chi connectivity index (χ3v) is 7.10. The summed E-state index contributed by atoms with van der Waals surface area (Å²) in [6, 6.07) is 22.4. The second-order valence-corrected chi connectivity index (χ2v) is 9.08. The van der Waals surface area contributed by atoms with Crippen LogP contribution in [0.2, 0.25) is 0 Å². The molecule has 3 rings (SSSR count). The van der Waals surface area contributed by atoms with Crippen molar-refractivity contribution in [2.45, 2.75) is 77.6 Å². The summed E-state index contributed by atoms with van der Waals surface area (Å²) in [4.78, 5) is 0. The molecular weight excluding hydrogens is 324 g/mol. The van der Waals surface area contributed by atoms with Gasteiger partial charge in [0.1, 0.15) is 0 Å². The molecule has 1 aliphatic carbocycles. The average molecular weight is 363 g/mol. The SMILES string of the molecule is CCC(CC(CC(C)c1ccccc1)C1CCC(C)CC1)c1ccccc1. The highest BCUT2D eigenvalue weighted by Crippen LogP contribution is 2.42. The second kappa shape index (κ2) is 10.1. The van der Waals surface area contributed by atoms with Gasteiger partial charge in [-0.3, -0.25) is 0 Å². The Hall–Kier alpha value is -1.56. The van der Waals surface area contributed by atoms with Crippen LogP contribution in [0.25, 0.3) is 0 Å². The van der Waals surface area contributed by atoms with Crippen molar-refractivity contribution >= 4 is 0 Å². The van der Waals surface area contributed by atoms with E-state index in [1.165, 1.54) is 50.5 Å². The highest BCUT2D eigenvalue weighted by molar-refractivity contribution is 5.21. The lowest BCUT2D eigenvalue weighted by Gasteiger charge is -2.36. The van der Waals surface area contributed by atoms with E-state index >= 15 is 0 Å². The first kappa shape index (κ1) is 20.2. The standard InChI is InChI=1S/C27H38/c1-4-23(25-13-9-6-10-14-25)20-27(26-17-15-21(2)16-18-26)19-22(3)24-11-7-5-8-12-24/h5-14,21-23,26-27H,4,15-20H2,1-3H3. The van der Waals surface area contributed by atoms with Crippen molar-refractivity contribution in [3.8, 4) is 0 Å². The molecule has 2 aromatic carbocycles. The Labute approximate surface area is 167 Å². The molecule has 0 saturated heterocycles. The van der Waals surface area contributed by atoms with Gasteiger partial charge in [-0.15, -0.1) is 0 Å². The predicted octanol–water partition coefficient (Wildman–Crippen LogP) is 8.21. The van der Waals surface area contributed by atoms with Crippen molar-refractivity contribution in [1.82, 2.24) is 0 Å². The molecule has 0 heterocycles. The molecule has 146 valence electrons. The molecule has 0 amide bonds. The fraction of sp³-hybridized carbons (Fsp3) is 0.556. The smallest absolute Gasteiger partial charge is 0.0162 e. The van der Waals surface area contributed by atoms with Gasteiger partial charge in [-0.2, -0.15) is 0 Å². The Bertz CT molecular complexity index is 636. The molecule has 3 unspecified atom stereocenters. The summed E-state index contributed by atoms with van der Waals surface area (Å²) >= 11 is 0. The second-order valence-electron chi connectivity index (χ2n) is 9.08.